The summed E-state index contributed by atoms with van der Waals surface area (Å²) in [6, 6.07) is 5.63. The summed E-state index contributed by atoms with van der Waals surface area (Å²) in [5.41, 5.74) is 6.31. The normalized spacial score (nSPS) is 10.4. The number of hydrogen-bond acceptors (Lipinski definition) is 3. The molecule has 14 heavy (non-hydrogen) atoms. The molecule has 0 aliphatic rings. The van der Waals surface area contributed by atoms with E-state index in [-0.39, 0.29) is 0 Å². The lowest BCUT2D eigenvalue weighted by atomic mass is 10.3. The van der Waals surface area contributed by atoms with Crippen LogP contribution in [0.3, 0.4) is 0 Å². The van der Waals surface area contributed by atoms with E-state index in [0.717, 1.165) is 28.8 Å². The third kappa shape index (κ3) is 3.78. The molecular formula is C10H15ClN2S. The molecule has 0 saturated carbocycles. The van der Waals surface area contributed by atoms with Gasteiger partial charge < -0.3 is 11.1 Å². The summed E-state index contributed by atoms with van der Waals surface area (Å²) < 4.78 is 0. The molecule has 1 aromatic rings. The number of nitrogen functional groups attached to an aromatic ring is 1. The van der Waals surface area contributed by atoms with Crippen LogP contribution >= 0.6 is 23.4 Å². The molecule has 0 aliphatic heterocycles. The Bertz CT molecular complexity index is 291. The Balaban J connectivity index is 2.42. The largest absolute Gasteiger partial charge is 0.399 e. The third-order valence-electron chi connectivity index (χ3n) is 1.74. The first-order valence-corrected chi connectivity index (χ1v) is 5.99. The first-order valence-electron chi connectivity index (χ1n) is 4.62. The zero-order valence-corrected chi connectivity index (χ0v) is 9.79. The molecule has 4 heteroatoms. The Morgan fingerprint density at radius 3 is 2.93 bits per heavy atom. The highest BCUT2D eigenvalue weighted by Gasteiger charge is 2.00. The summed E-state index contributed by atoms with van der Waals surface area (Å²) in [6.45, 7) is 4.11. The van der Waals surface area contributed by atoms with Crippen molar-refractivity contribution in [2.75, 3.05) is 24.6 Å². The second kappa shape index (κ2) is 6.17. The van der Waals surface area contributed by atoms with E-state index in [1.165, 1.54) is 0 Å². The highest BCUT2D eigenvalue weighted by atomic mass is 35.5. The monoisotopic (exact) mass is 230 g/mol. The van der Waals surface area contributed by atoms with Gasteiger partial charge in [-0.25, -0.2) is 0 Å². The van der Waals surface area contributed by atoms with Crippen molar-refractivity contribution in [1.82, 2.24) is 5.32 Å². The lowest BCUT2D eigenvalue weighted by molar-refractivity contribution is 0.768. The Morgan fingerprint density at radius 1 is 1.50 bits per heavy atom. The summed E-state index contributed by atoms with van der Waals surface area (Å²) in [5.74, 6) is 1.03. The predicted molar refractivity (Wildman–Crippen MR) is 65.1 cm³/mol. The van der Waals surface area contributed by atoms with Crippen LogP contribution in [0.2, 0.25) is 5.02 Å². The van der Waals surface area contributed by atoms with Gasteiger partial charge in [-0.2, -0.15) is 0 Å². The van der Waals surface area contributed by atoms with Crippen LogP contribution in [-0.2, 0) is 0 Å². The Hall–Kier alpha value is -0.380. The van der Waals surface area contributed by atoms with Crippen molar-refractivity contribution in [3.63, 3.8) is 0 Å². The van der Waals surface area contributed by atoms with E-state index in [4.69, 9.17) is 17.3 Å². The summed E-state index contributed by atoms with van der Waals surface area (Å²) >= 11 is 7.77. The van der Waals surface area contributed by atoms with Crippen LogP contribution in [0.5, 0.6) is 0 Å². The van der Waals surface area contributed by atoms with Crippen molar-refractivity contribution in [2.24, 2.45) is 0 Å². The van der Waals surface area contributed by atoms with Crippen molar-refractivity contribution < 1.29 is 0 Å². The highest BCUT2D eigenvalue weighted by molar-refractivity contribution is 7.99. The molecule has 0 aliphatic carbocycles. The topological polar surface area (TPSA) is 38.0 Å². The highest BCUT2D eigenvalue weighted by Crippen LogP contribution is 2.28. The zero-order chi connectivity index (χ0) is 10.4. The van der Waals surface area contributed by atoms with Gasteiger partial charge >= 0.3 is 0 Å². The van der Waals surface area contributed by atoms with E-state index < -0.39 is 0 Å². The van der Waals surface area contributed by atoms with Gasteiger partial charge in [0.15, 0.2) is 0 Å². The van der Waals surface area contributed by atoms with Crippen LogP contribution in [0.15, 0.2) is 23.1 Å². The fourth-order valence-electron chi connectivity index (χ4n) is 1.04. The molecule has 0 spiro atoms. The van der Waals surface area contributed by atoms with Crippen LogP contribution in [0.1, 0.15) is 6.92 Å². The van der Waals surface area contributed by atoms with Crippen molar-refractivity contribution in [3.05, 3.63) is 23.2 Å². The van der Waals surface area contributed by atoms with Gasteiger partial charge in [0.25, 0.3) is 0 Å². The van der Waals surface area contributed by atoms with Gasteiger partial charge in [-0.1, -0.05) is 18.5 Å². The molecule has 0 atom stereocenters. The molecule has 0 amide bonds. The quantitative estimate of drug-likeness (QED) is 0.464. The van der Waals surface area contributed by atoms with Gasteiger partial charge in [-0.05, 0) is 24.7 Å². The van der Waals surface area contributed by atoms with Crippen LogP contribution in [-0.4, -0.2) is 18.8 Å². The second-order valence-electron chi connectivity index (χ2n) is 2.89. The average Bonchev–Trinajstić information content (AvgIpc) is 2.15. The van der Waals surface area contributed by atoms with Crippen LogP contribution in [0.4, 0.5) is 5.69 Å². The minimum absolute atomic E-state index is 0.714. The number of hydrogen-bond donors (Lipinski definition) is 2. The summed E-state index contributed by atoms with van der Waals surface area (Å²) in [6.07, 6.45) is 0. The third-order valence-corrected chi connectivity index (χ3v) is 3.24. The standard InChI is InChI=1S/C10H15ClN2S/c1-2-13-5-6-14-10-4-3-8(12)7-9(10)11/h3-4,7,13H,2,5-6,12H2,1H3. The maximum Gasteiger partial charge on any atom is 0.0562 e. The first-order chi connectivity index (χ1) is 6.74. The van der Waals surface area contributed by atoms with E-state index in [0.29, 0.717) is 5.69 Å². The molecule has 2 nitrogen and oxygen atoms in total. The molecule has 3 N–H and O–H groups in total. The van der Waals surface area contributed by atoms with Gasteiger partial charge in [0.2, 0.25) is 0 Å². The molecular weight excluding hydrogens is 216 g/mol. The molecule has 78 valence electrons. The van der Waals surface area contributed by atoms with Crippen LogP contribution in [0, 0.1) is 0 Å². The van der Waals surface area contributed by atoms with Crippen molar-refractivity contribution in [1.29, 1.82) is 0 Å². The summed E-state index contributed by atoms with van der Waals surface area (Å²) in [7, 11) is 0. The Morgan fingerprint density at radius 2 is 2.29 bits per heavy atom. The lowest BCUT2D eigenvalue weighted by Gasteiger charge is -2.05. The van der Waals surface area contributed by atoms with Crippen molar-refractivity contribution >= 4 is 29.1 Å². The zero-order valence-electron chi connectivity index (χ0n) is 8.22. The molecule has 0 radical (unpaired) electrons. The molecule has 0 unspecified atom stereocenters. The molecule has 0 heterocycles. The van der Waals surface area contributed by atoms with Gasteiger partial charge in [-0.15, -0.1) is 11.8 Å². The number of benzene rings is 1. The van der Waals surface area contributed by atoms with Gasteiger partial charge in [0, 0.05) is 22.9 Å². The number of halogens is 1. The number of nitrogens with two attached hydrogens (primary N) is 1. The van der Waals surface area contributed by atoms with Gasteiger partial charge in [0.1, 0.15) is 0 Å². The minimum atomic E-state index is 0.714. The lowest BCUT2D eigenvalue weighted by Crippen LogP contribution is -2.15. The summed E-state index contributed by atoms with van der Waals surface area (Å²) in [5, 5.41) is 4.00. The smallest absolute Gasteiger partial charge is 0.0562 e. The maximum absolute atomic E-state index is 6.02. The van der Waals surface area contributed by atoms with Gasteiger partial charge in [-0.3, -0.25) is 0 Å². The second-order valence-corrected chi connectivity index (χ2v) is 4.44. The molecule has 0 saturated heterocycles. The number of nitrogens with one attached hydrogen (secondary N) is 1. The van der Waals surface area contributed by atoms with Crippen LogP contribution < -0.4 is 11.1 Å². The van der Waals surface area contributed by atoms with E-state index in [9.17, 15) is 0 Å². The van der Waals surface area contributed by atoms with Gasteiger partial charge in [0.05, 0.1) is 5.02 Å². The minimum Gasteiger partial charge on any atom is -0.399 e. The maximum atomic E-state index is 6.02. The van der Waals surface area contributed by atoms with Crippen molar-refractivity contribution in [2.45, 2.75) is 11.8 Å². The fraction of sp³-hybridized carbons (Fsp3) is 0.400. The molecule has 1 aromatic carbocycles. The Kier molecular flexibility index (Phi) is 5.15. The summed E-state index contributed by atoms with van der Waals surface area (Å²) in [4.78, 5) is 1.10. The van der Waals surface area contributed by atoms with Crippen LogP contribution in [0.25, 0.3) is 0 Å². The number of rotatable bonds is 5. The number of anilines is 1. The Labute approximate surface area is 94.2 Å². The molecule has 0 fully saturated rings. The first kappa shape index (κ1) is 11.7. The molecule has 0 aromatic heterocycles. The predicted octanol–water partition coefficient (Wildman–Crippen LogP) is 2.62. The average molecular weight is 231 g/mol. The molecule has 1 rings (SSSR count). The van der Waals surface area contributed by atoms with E-state index in [1.807, 2.05) is 12.1 Å². The fourth-order valence-corrected chi connectivity index (χ4v) is 2.22. The van der Waals surface area contributed by atoms with E-state index in [1.54, 1.807) is 17.8 Å². The van der Waals surface area contributed by atoms with Crippen molar-refractivity contribution in [3.8, 4) is 0 Å². The number of thioether (sulfide) groups is 1. The SMILES string of the molecule is CCNCCSc1ccc(N)cc1Cl. The molecule has 0 bridgehead atoms. The van der Waals surface area contributed by atoms with E-state index in [2.05, 4.69) is 12.2 Å². The van der Waals surface area contributed by atoms with E-state index >= 15 is 0 Å².